The number of halogens is 3. The van der Waals surface area contributed by atoms with Gasteiger partial charge in [0.15, 0.2) is 11.6 Å². The second-order valence-corrected chi connectivity index (χ2v) is 4.29. The first-order valence-electron chi connectivity index (χ1n) is 4.65. The van der Waals surface area contributed by atoms with Gasteiger partial charge in [-0.25, -0.2) is 8.78 Å². The fourth-order valence-corrected chi connectivity index (χ4v) is 1.98. The Morgan fingerprint density at radius 1 is 1.25 bits per heavy atom. The lowest BCUT2D eigenvalue weighted by molar-refractivity contribution is 0.509. The lowest BCUT2D eigenvalue weighted by atomic mass is 10.1. The summed E-state index contributed by atoms with van der Waals surface area (Å²) >= 11 is 3.38. The minimum Gasteiger partial charge on any atom is -0.271 e. The van der Waals surface area contributed by atoms with Crippen molar-refractivity contribution in [2.45, 2.75) is 6.92 Å². The second-order valence-electron chi connectivity index (χ2n) is 3.50. The summed E-state index contributed by atoms with van der Waals surface area (Å²) < 4.78 is 28.3. The Kier molecular flexibility index (Phi) is 2.80. The normalized spacial score (nSPS) is 10.8. The molecule has 0 aliphatic rings. The van der Waals surface area contributed by atoms with Gasteiger partial charge in [0.25, 0.3) is 0 Å². The first kappa shape index (κ1) is 11.3. The van der Waals surface area contributed by atoms with Gasteiger partial charge in [-0.3, -0.25) is 4.68 Å². The van der Waals surface area contributed by atoms with E-state index in [9.17, 15) is 8.78 Å². The summed E-state index contributed by atoms with van der Waals surface area (Å²) in [4.78, 5) is 0. The number of nitrogens with zero attached hydrogens (tertiary/aromatic N) is 2. The van der Waals surface area contributed by atoms with E-state index < -0.39 is 11.6 Å². The molecule has 1 heterocycles. The number of aryl methyl sites for hydroxylation is 1. The fourth-order valence-electron chi connectivity index (χ4n) is 1.41. The zero-order valence-corrected chi connectivity index (χ0v) is 10.3. The molecular weight excluding hydrogens is 278 g/mol. The third-order valence-corrected chi connectivity index (χ3v) is 3.40. The highest BCUT2D eigenvalue weighted by Gasteiger charge is 2.13. The summed E-state index contributed by atoms with van der Waals surface area (Å²) in [7, 11) is 1.80. The van der Waals surface area contributed by atoms with Crippen LogP contribution in [0.25, 0.3) is 11.3 Å². The maximum atomic E-state index is 13.1. The third kappa shape index (κ3) is 1.75. The molecule has 0 aliphatic carbocycles. The van der Waals surface area contributed by atoms with Gasteiger partial charge >= 0.3 is 0 Å². The third-order valence-electron chi connectivity index (χ3n) is 2.45. The summed E-state index contributed by atoms with van der Waals surface area (Å²) in [5.74, 6) is -1.72. The first-order valence-corrected chi connectivity index (χ1v) is 5.44. The van der Waals surface area contributed by atoms with Crippen molar-refractivity contribution in [3.05, 3.63) is 40.0 Å². The van der Waals surface area contributed by atoms with Gasteiger partial charge in [0.2, 0.25) is 0 Å². The number of hydrogen-bond donors (Lipinski definition) is 0. The van der Waals surface area contributed by atoms with E-state index in [4.69, 9.17) is 0 Å². The molecule has 2 aromatic rings. The van der Waals surface area contributed by atoms with Gasteiger partial charge in [-0.15, -0.1) is 0 Å². The summed E-state index contributed by atoms with van der Waals surface area (Å²) in [5, 5.41) is 4.23. The molecule has 84 valence electrons. The molecule has 2 nitrogen and oxygen atoms in total. The summed E-state index contributed by atoms with van der Waals surface area (Å²) in [5.41, 5.74) is 2.09. The van der Waals surface area contributed by atoms with Gasteiger partial charge in [0, 0.05) is 18.3 Å². The Bertz CT molecular complexity index is 549. The second kappa shape index (κ2) is 3.97. The molecule has 0 saturated carbocycles. The van der Waals surface area contributed by atoms with Crippen LogP contribution in [0.5, 0.6) is 0 Å². The van der Waals surface area contributed by atoms with Crippen molar-refractivity contribution in [1.82, 2.24) is 9.78 Å². The monoisotopic (exact) mass is 286 g/mol. The van der Waals surface area contributed by atoms with E-state index in [2.05, 4.69) is 21.0 Å². The molecule has 2 rings (SSSR count). The maximum Gasteiger partial charge on any atom is 0.159 e. The van der Waals surface area contributed by atoms with Crippen LogP contribution in [0.2, 0.25) is 0 Å². The Labute approximate surface area is 100 Å². The maximum absolute atomic E-state index is 13.1. The van der Waals surface area contributed by atoms with E-state index in [1.807, 2.05) is 6.92 Å². The first-order chi connectivity index (χ1) is 7.50. The Morgan fingerprint density at radius 3 is 2.44 bits per heavy atom. The minimum absolute atomic E-state index is 0.550. The highest BCUT2D eigenvalue weighted by molar-refractivity contribution is 9.10. The van der Waals surface area contributed by atoms with Crippen LogP contribution in [0.3, 0.4) is 0 Å². The molecule has 0 fully saturated rings. The van der Waals surface area contributed by atoms with Crippen LogP contribution >= 0.6 is 15.9 Å². The zero-order valence-electron chi connectivity index (χ0n) is 8.76. The van der Waals surface area contributed by atoms with Crippen molar-refractivity contribution in [3.63, 3.8) is 0 Å². The average molecular weight is 287 g/mol. The van der Waals surface area contributed by atoms with Crippen LogP contribution in [0.4, 0.5) is 8.78 Å². The largest absolute Gasteiger partial charge is 0.271 e. The quantitative estimate of drug-likeness (QED) is 0.785. The summed E-state index contributed by atoms with van der Waals surface area (Å²) in [6.07, 6.45) is 0. The number of rotatable bonds is 1. The van der Waals surface area contributed by atoms with Crippen molar-refractivity contribution in [2.75, 3.05) is 0 Å². The molecule has 5 heteroatoms. The lowest BCUT2D eigenvalue weighted by Crippen LogP contribution is -1.92. The van der Waals surface area contributed by atoms with Crippen molar-refractivity contribution in [3.8, 4) is 11.3 Å². The van der Waals surface area contributed by atoms with Gasteiger partial charge in [-0.05, 0) is 41.1 Å². The number of aromatic nitrogens is 2. The van der Waals surface area contributed by atoms with E-state index in [0.29, 0.717) is 11.3 Å². The summed E-state index contributed by atoms with van der Waals surface area (Å²) in [6.45, 7) is 1.89. The minimum atomic E-state index is -0.868. The lowest BCUT2D eigenvalue weighted by Gasteiger charge is -1.98. The molecular formula is C11H9BrF2N2. The highest BCUT2D eigenvalue weighted by Crippen LogP contribution is 2.30. The van der Waals surface area contributed by atoms with Crippen LogP contribution in [0.15, 0.2) is 22.7 Å². The standard InChI is InChI=1S/C11H9BrF2N2/c1-6-10(12)11(15-16(6)2)7-3-4-8(13)9(14)5-7/h3-5H,1-2H3. The van der Waals surface area contributed by atoms with Crippen LogP contribution in [-0.4, -0.2) is 9.78 Å². The molecule has 0 spiro atoms. The molecule has 0 amide bonds. The van der Waals surface area contributed by atoms with Crippen LogP contribution in [-0.2, 0) is 7.05 Å². The fraction of sp³-hybridized carbons (Fsp3) is 0.182. The van der Waals surface area contributed by atoms with E-state index in [1.54, 1.807) is 11.7 Å². The predicted molar refractivity (Wildman–Crippen MR) is 61.0 cm³/mol. The smallest absolute Gasteiger partial charge is 0.159 e. The van der Waals surface area contributed by atoms with Gasteiger partial charge in [0.1, 0.15) is 5.69 Å². The molecule has 16 heavy (non-hydrogen) atoms. The van der Waals surface area contributed by atoms with Crippen molar-refractivity contribution in [1.29, 1.82) is 0 Å². The van der Waals surface area contributed by atoms with Gasteiger partial charge in [-0.2, -0.15) is 5.10 Å². The van der Waals surface area contributed by atoms with E-state index in [-0.39, 0.29) is 0 Å². The average Bonchev–Trinajstić information content (AvgIpc) is 2.50. The van der Waals surface area contributed by atoms with Crippen molar-refractivity contribution in [2.24, 2.45) is 7.05 Å². The van der Waals surface area contributed by atoms with E-state index in [0.717, 1.165) is 22.3 Å². The van der Waals surface area contributed by atoms with Crippen LogP contribution in [0.1, 0.15) is 5.69 Å². The molecule has 0 N–H and O–H groups in total. The van der Waals surface area contributed by atoms with Gasteiger partial charge in [-0.1, -0.05) is 0 Å². The van der Waals surface area contributed by atoms with E-state index >= 15 is 0 Å². The number of hydrogen-bond acceptors (Lipinski definition) is 1. The molecule has 0 unspecified atom stereocenters. The molecule has 0 bridgehead atoms. The van der Waals surface area contributed by atoms with Crippen molar-refractivity contribution >= 4 is 15.9 Å². The van der Waals surface area contributed by atoms with Crippen LogP contribution in [0, 0.1) is 18.6 Å². The molecule has 0 atom stereocenters. The predicted octanol–water partition coefficient (Wildman–Crippen LogP) is 3.44. The summed E-state index contributed by atoms with van der Waals surface area (Å²) in [6, 6.07) is 3.74. The Hall–Kier alpha value is -1.23. The SMILES string of the molecule is Cc1c(Br)c(-c2ccc(F)c(F)c2)nn1C. The van der Waals surface area contributed by atoms with Gasteiger partial charge in [0.05, 0.1) is 4.47 Å². The highest BCUT2D eigenvalue weighted by atomic mass is 79.9. The Morgan fingerprint density at radius 2 is 1.94 bits per heavy atom. The zero-order chi connectivity index (χ0) is 11.9. The molecule has 0 saturated heterocycles. The van der Waals surface area contributed by atoms with Crippen LogP contribution < -0.4 is 0 Å². The molecule has 1 aromatic carbocycles. The van der Waals surface area contributed by atoms with E-state index in [1.165, 1.54) is 6.07 Å². The molecule has 1 aromatic heterocycles. The number of benzene rings is 1. The Balaban J connectivity index is 2.59. The molecule has 0 radical (unpaired) electrons. The van der Waals surface area contributed by atoms with Gasteiger partial charge < -0.3 is 0 Å². The topological polar surface area (TPSA) is 17.8 Å². The molecule has 0 aliphatic heterocycles. The van der Waals surface area contributed by atoms with Crippen molar-refractivity contribution < 1.29 is 8.78 Å².